The maximum atomic E-state index is 5.85. The van der Waals surface area contributed by atoms with E-state index >= 15 is 0 Å². The number of anilines is 1. The summed E-state index contributed by atoms with van der Waals surface area (Å²) in [6, 6.07) is 29.4. The Morgan fingerprint density at radius 1 is 0.941 bits per heavy atom. The number of pyridine rings is 1. The molecule has 0 bridgehead atoms. The molecule has 172 valence electrons. The number of aryl methyl sites for hydroxylation is 1. The van der Waals surface area contributed by atoms with Crippen LogP contribution in [0.25, 0.3) is 5.69 Å². The highest BCUT2D eigenvalue weighted by Gasteiger charge is 2.40. The van der Waals surface area contributed by atoms with E-state index in [9.17, 15) is 0 Å². The minimum absolute atomic E-state index is 0.0186. The highest BCUT2D eigenvalue weighted by molar-refractivity contribution is 7.80. The van der Waals surface area contributed by atoms with E-state index in [4.69, 9.17) is 12.2 Å². The van der Waals surface area contributed by atoms with E-state index in [0.717, 1.165) is 41.7 Å². The summed E-state index contributed by atoms with van der Waals surface area (Å²) in [4.78, 5) is 6.99. The van der Waals surface area contributed by atoms with Crippen LogP contribution in [0.4, 0.5) is 5.69 Å². The van der Waals surface area contributed by atoms with Gasteiger partial charge in [0.15, 0.2) is 5.11 Å². The highest BCUT2D eigenvalue weighted by atomic mass is 32.1. The molecule has 2 aromatic carbocycles. The third-order valence-electron chi connectivity index (χ3n) is 6.27. The number of aromatic nitrogens is 2. The summed E-state index contributed by atoms with van der Waals surface area (Å²) in [7, 11) is 0. The number of benzene rings is 2. The zero-order chi connectivity index (χ0) is 23.3. The van der Waals surface area contributed by atoms with Crippen molar-refractivity contribution in [3.63, 3.8) is 0 Å². The lowest BCUT2D eigenvalue weighted by Gasteiger charge is -2.29. The van der Waals surface area contributed by atoms with Gasteiger partial charge in [0.25, 0.3) is 0 Å². The number of hydrogen-bond donors (Lipinski definition) is 2. The van der Waals surface area contributed by atoms with Crippen molar-refractivity contribution in [3.05, 3.63) is 114 Å². The molecular formula is C28H29N5S. The van der Waals surface area contributed by atoms with Gasteiger partial charge in [-0.1, -0.05) is 42.0 Å². The van der Waals surface area contributed by atoms with E-state index in [-0.39, 0.29) is 12.1 Å². The zero-order valence-corrected chi connectivity index (χ0v) is 20.1. The highest BCUT2D eigenvalue weighted by Crippen LogP contribution is 2.39. The average Bonchev–Trinajstić information content (AvgIpc) is 3.48. The average molecular weight is 468 g/mol. The maximum Gasteiger partial charge on any atom is 0.170 e. The van der Waals surface area contributed by atoms with Gasteiger partial charge in [-0.25, -0.2) is 0 Å². The molecule has 5 nitrogen and oxygen atoms in total. The molecule has 0 spiro atoms. The first kappa shape index (κ1) is 22.2. The number of para-hydroxylation sites is 1. The molecule has 1 saturated heterocycles. The van der Waals surface area contributed by atoms with Gasteiger partial charge in [-0.05, 0) is 74.1 Å². The van der Waals surface area contributed by atoms with Crippen LogP contribution >= 0.6 is 12.2 Å². The SMILES string of the molecule is Cc1ccc(-n2cccc2[C@H]2[C@@H](c3ccccn3)NC(=S)N2CCCNc2ccccc2)cc1. The minimum atomic E-state index is -0.0186. The van der Waals surface area contributed by atoms with Gasteiger partial charge in [-0.3, -0.25) is 4.98 Å². The second-order valence-electron chi connectivity index (χ2n) is 8.60. The molecule has 0 unspecified atom stereocenters. The van der Waals surface area contributed by atoms with Gasteiger partial charge in [0.05, 0.1) is 17.8 Å². The largest absolute Gasteiger partial charge is 0.385 e. The number of hydrogen-bond acceptors (Lipinski definition) is 3. The molecule has 3 heterocycles. The van der Waals surface area contributed by atoms with Gasteiger partial charge >= 0.3 is 0 Å². The van der Waals surface area contributed by atoms with E-state index in [2.05, 4.69) is 105 Å². The summed E-state index contributed by atoms with van der Waals surface area (Å²) in [6.45, 7) is 3.84. The van der Waals surface area contributed by atoms with Gasteiger partial charge in [0, 0.05) is 42.6 Å². The van der Waals surface area contributed by atoms with Crippen LogP contribution in [0.5, 0.6) is 0 Å². The standard InChI is InChI=1S/C28H29N5S/c1-21-13-15-23(16-14-21)32-19-7-12-25(32)27-26(24-11-5-6-17-30-24)31-28(34)33(27)20-8-18-29-22-9-3-2-4-10-22/h2-7,9-17,19,26-27,29H,8,18,20H2,1H3,(H,31,34)/t26-,27+/m1/s1. The van der Waals surface area contributed by atoms with E-state index in [1.165, 1.54) is 11.3 Å². The summed E-state index contributed by atoms with van der Waals surface area (Å²) < 4.78 is 2.27. The van der Waals surface area contributed by atoms with Crippen LogP contribution in [0, 0.1) is 6.92 Å². The number of nitrogens with one attached hydrogen (secondary N) is 2. The molecule has 34 heavy (non-hydrogen) atoms. The van der Waals surface area contributed by atoms with Gasteiger partial charge in [-0.15, -0.1) is 0 Å². The lowest BCUT2D eigenvalue weighted by atomic mass is 10.0. The van der Waals surface area contributed by atoms with Gasteiger partial charge in [-0.2, -0.15) is 0 Å². The monoisotopic (exact) mass is 467 g/mol. The van der Waals surface area contributed by atoms with E-state index in [1.54, 1.807) is 0 Å². The topological polar surface area (TPSA) is 45.1 Å². The van der Waals surface area contributed by atoms with Crippen molar-refractivity contribution in [1.29, 1.82) is 0 Å². The van der Waals surface area contributed by atoms with Crippen molar-refractivity contribution in [2.24, 2.45) is 0 Å². The fraction of sp³-hybridized carbons (Fsp3) is 0.214. The van der Waals surface area contributed by atoms with Crippen molar-refractivity contribution in [2.45, 2.75) is 25.4 Å². The smallest absolute Gasteiger partial charge is 0.170 e. The van der Waals surface area contributed by atoms with Crippen LogP contribution in [0.3, 0.4) is 0 Å². The summed E-state index contributed by atoms with van der Waals surface area (Å²) in [5, 5.41) is 7.85. The molecule has 1 fully saturated rings. The van der Waals surface area contributed by atoms with Crippen LogP contribution in [-0.2, 0) is 0 Å². The molecule has 4 aromatic rings. The molecule has 0 saturated carbocycles. The van der Waals surface area contributed by atoms with E-state index in [1.807, 2.05) is 24.4 Å². The number of thiocarbonyl (C=S) groups is 1. The summed E-state index contributed by atoms with van der Waals surface area (Å²) in [5.41, 5.74) is 5.73. The molecular weight excluding hydrogens is 438 g/mol. The lowest BCUT2D eigenvalue weighted by Crippen LogP contribution is -2.32. The summed E-state index contributed by atoms with van der Waals surface area (Å²) in [5.74, 6) is 0. The first-order chi connectivity index (χ1) is 16.7. The van der Waals surface area contributed by atoms with Crippen LogP contribution in [0.1, 0.15) is 35.5 Å². The van der Waals surface area contributed by atoms with Crippen molar-refractivity contribution in [1.82, 2.24) is 19.8 Å². The Balaban J connectivity index is 1.42. The van der Waals surface area contributed by atoms with Crippen molar-refractivity contribution in [2.75, 3.05) is 18.4 Å². The van der Waals surface area contributed by atoms with Crippen molar-refractivity contribution < 1.29 is 0 Å². The Morgan fingerprint density at radius 3 is 2.50 bits per heavy atom. The Kier molecular flexibility index (Phi) is 6.58. The zero-order valence-electron chi connectivity index (χ0n) is 19.3. The van der Waals surface area contributed by atoms with Crippen LogP contribution in [0.2, 0.25) is 0 Å². The van der Waals surface area contributed by atoms with Crippen LogP contribution < -0.4 is 10.6 Å². The second kappa shape index (κ2) is 10.1. The lowest BCUT2D eigenvalue weighted by molar-refractivity contribution is 0.307. The Bertz CT molecular complexity index is 1220. The van der Waals surface area contributed by atoms with Crippen molar-refractivity contribution in [3.8, 4) is 5.69 Å². The molecule has 0 aliphatic carbocycles. The molecule has 1 aliphatic rings. The normalized spacial score (nSPS) is 17.6. The third-order valence-corrected chi connectivity index (χ3v) is 6.62. The minimum Gasteiger partial charge on any atom is -0.385 e. The predicted molar refractivity (Wildman–Crippen MR) is 142 cm³/mol. The Morgan fingerprint density at radius 2 is 1.74 bits per heavy atom. The maximum absolute atomic E-state index is 5.85. The van der Waals surface area contributed by atoms with E-state index in [0.29, 0.717) is 0 Å². The molecule has 0 amide bonds. The van der Waals surface area contributed by atoms with E-state index < -0.39 is 0 Å². The Hall–Kier alpha value is -3.64. The molecule has 6 heteroatoms. The number of rotatable bonds is 8. The second-order valence-corrected chi connectivity index (χ2v) is 8.99. The fourth-order valence-electron chi connectivity index (χ4n) is 4.58. The summed E-state index contributed by atoms with van der Waals surface area (Å²) >= 11 is 5.85. The van der Waals surface area contributed by atoms with Crippen molar-refractivity contribution >= 4 is 23.0 Å². The molecule has 2 N–H and O–H groups in total. The molecule has 0 radical (unpaired) electrons. The first-order valence-corrected chi connectivity index (χ1v) is 12.1. The summed E-state index contributed by atoms with van der Waals surface area (Å²) in [6.07, 6.45) is 4.95. The quantitative estimate of drug-likeness (QED) is 0.259. The predicted octanol–water partition coefficient (Wildman–Crippen LogP) is 5.66. The van der Waals surface area contributed by atoms with Gasteiger partial charge in [0.2, 0.25) is 0 Å². The Labute approximate surface area is 206 Å². The van der Waals surface area contributed by atoms with Crippen LogP contribution in [-0.4, -0.2) is 32.7 Å². The molecule has 2 atom stereocenters. The third kappa shape index (κ3) is 4.68. The van der Waals surface area contributed by atoms with Crippen LogP contribution in [0.15, 0.2) is 97.3 Å². The molecule has 5 rings (SSSR count). The molecule has 1 aliphatic heterocycles. The molecule has 2 aromatic heterocycles. The van der Waals surface area contributed by atoms with Gasteiger partial charge < -0.3 is 20.1 Å². The fourth-order valence-corrected chi connectivity index (χ4v) is 4.91. The number of nitrogens with zero attached hydrogens (tertiary/aromatic N) is 3. The van der Waals surface area contributed by atoms with Gasteiger partial charge in [0.1, 0.15) is 0 Å². The first-order valence-electron chi connectivity index (χ1n) is 11.7.